The number of urea groups is 1. The number of carbonyl (C=O) groups is 2. The molecule has 1 aliphatic heterocycles. The van der Waals surface area contributed by atoms with Crippen LogP contribution in [0.4, 0.5) is 10.5 Å². The second-order valence-electron chi connectivity index (χ2n) is 6.49. The molecule has 0 aliphatic carbocycles. The summed E-state index contributed by atoms with van der Waals surface area (Å²) in [5.41, 5.74) is 4.17. The van der Waals surface area contributed by atoms with Gasteiger partial charge in [0.2, 0.25) is 5.91 Å². The van der Waals surface area contributed by atoms with Crippen LogP contribution in [0.1, 0.15) is 23.1 Å². The summed E-state index contributed by atoms with van der Waals surface area (Å²) in [4.78, 5) is 26.5. The molecule has 2 aromatic rings. The van der Waals surface area contributed by atoms with Gasteiger partial charge in [-0.15, -0.1) is 0 Å². The zero-order valence-corrected chi connectivity index (χ0v) is 14.6. The third-order valence-corrected chi connectivity index (χ3v) is 4.32. The van der Waals surface area contributed by atoms with Crippen molar-refractivity contribution in [2.24, 2.45) is 0 Å². The normalized spacial score (nSPS) is 16.8. The Kier molecular flexibility index (Phi) is 5.03. The van der Waals surface area contributed by atoms with Crippen LogP contribution in [-0.2, 0) is 11.3 Å². The summed E-state index contributed by atoms with van der Waals surface area (Å²) in [6.07, 6.45) is 0.616. The average Bonchev–Trinajstić information content (AvgIpc) is 2.94. The lowest BCUT2D eigenvalue weighted by Crippen LogP contribution is -2.45. The van der Waals surface area contributed by atoms with Crippen molar-refractivity contribution < 1.29 is 9.59 Å². The van der Waals surface area contributed by atoms with Gasteiger partial charge in [-0.1, -0.05) is 36.4 Å². The Bertz CT molecular complexity index is 754. The summed E-state index contributed by atoms with van der Waals surface area (Å²) in [7, 11) is 0. The van der Waals surface area contributed by atoms with Crippen molar-refractivity contribution in [2.75, 3.05) is 11.4 Å². The molecule has 0 unspecified atom stereocenters. The van der Waals surface area contributed by atoms with Gasteiger partial charge in [0, 0.05) is 18.8 Å². The van der Waals surface area contributed by atoms with Gasteiger partial charge in [-0.3, -0.25) is 4.79 Å². The van der Waals surface area contributed by atoms with Gasteiger partial charge >= 0.3 is 6.03 Å². The molecule has 3 amide bonds. The zero-order valence-electron chi connectivity index (χ0n) is 14.6. The second-order valence-corrected chi connectivity index (χ2v) is 6.49. The molecule has 0 bridgehead atoms. The van der Waals surface area contributed by atoms with E-state index >= 15 is 0 Å². The van der Waals surface area contributed by atoms with Gasteiger partial charge in [-0.2, -0.15) is 0 Å². The van der Waals surface area contributed by atoms with E-state index in [2.05, 4.69) is 16.7 Å². The van der Waals surface area contributed by atoms with Crippen molar-refractivity contribution >= 4 is 17.6 Å². The maximum Gasteiger partial charge on any atom is 0.315 e. The standard InChI is InChI=1S/C20H23N3O2/c1-14-10-15(2)12-17(11-14)23-9-8-18(19(23)24)22-20(25)21-13-16-6-4-3-5-7-16/h3-7,10-12,18H,8-9,13H2,1-2H3,(H2,21,22,25)/t18-/m1/s1. The Morgan fingerprint density at radius 2 is 1.80 bits per heavy atom. The highest BCUT2D eigenvalue weighted by atomic mass is 16.2. The summed E-state index contributed by atoms with van der Waals surface area (Å²) >= 11 is 0. The van der Waals surface area contributed by atoms with E-state index in [1.807, 2.05) is 56.3 Å². The largest absolute Gasteiger partial charge is 0.334 e. The molecule has 5 nitrogen and oxygen atoms in total. The van der Waals surface area contributed by atoms with Crippen LogP contribution in [0.25, 0.3) is 0 Å². The number of aryl methyl sites for hydroxylation is 2. The van der Waals surface area contributed by atoms with E-state index in [0.29, 0.717) is 19.5 Å². The van der Waals surface area contributed by atoms with Crippen LogP contribution in [-0.4, -0.2) is 24.5 Å². The Hall–Kier alpha value is -2.82. The average molecular weight is 337 g/mol. The van der Waals surface area contributed by atoms with E-state index in [0.717, 1.165) is 22.4 Å². The molecule has 2 N–H and O–H groups in total. The third-order valence-electron chi connectivity index (χ3n) is 4.32. The van der Waals surface area contributed by atoms with Gasteiger partial charge < -0.3 is 15.5 Å². The zero-order chi connectivity index (χ0) is 17.8. The number of hydrogen-bond donors (Lipinski definition) is 2. The number of anilines is 1. The summed E-state index contributed by atoms with van der Waals surface area (Å²) in [6, 6.07) is 15.0. The summed E-state index contributed by atoms with van der Waals surface area (Å²) in [6.45, 7) is 5.09. The molecule has 0 radical (unpaired) electrons. The third kappa shape index (κ3) is 4.18. The quantitative estimate of drug-likeness (QED) is 0.901. The van der Waals surface area contributed by atoms with Crippen LogP contribution < -0.4 is 15.5 Å². The van der Waals surface area contributed by atoms with Crippen LogP contribution >= 0.6 is 0 Å². The predicted octanol–water partition coefficient (Wildman–Crippen LogP) is 2.91. The Labute approximate surface area is 148 Å². The fraction of sp³-hybridized carbons (Fsp3) is 0.300. The molecule has 25 heavy (non-hydrogen) atoms. The SMILES string of the molecule is Cc1cc(C)cc(N2CC[C@@H](NC(=O)NCc3ccccc3)C2=O)c1. The van der Waals surface area contributed by atoms with Crippen molar-refractivity contribution in [3.8, 4) is 0 Å². The number of hydrogen-bond acceptors (Lipinski definition) is 2. The van der Waals surface area contributed by atoms with Crippen molar-refractivity contribution in [1.82, 2.24) is 10.6 Å². The summed E-state index contributed by atoms with van der Waals surface area (Å²) in [5.74, 6) is -0.0557. The molecule has 1 fully saturated rings. The van der Waals surface area contributed by atoms with Crippen LogP contribution in [0.15, 0.2) is 48.5 Å². The minimum absolute atomic E-state index is 0.0557. The lowest BCUT2D eigenvalue weighted by atomic mass is 10.1. The predicted molar refractivity (Wildman–Crippen MR) is 98.5 cm³/mol. The van der Waals surface area contributed by atoms with E-state index < -0.39 is 6.04 Å². The first-order valence-corrected chi connectivity index (χ1v) is 8.51. The van der Waals surface area contributed by atoms with Crippen LogP contribution in [0.5, 0.6) is 0 Å². The van der Waals surface area contributed by atoms with E-state index in [-0.39, 0.29) is 11.9 Å². The van der Waals surface area contributed by atoms with Crippen LogP contribution in [0, 0.1) is 13.8 Å². The number of benzene rings is 2. The van der Waals surface area contributed by atoms with E-state index in [1.54, 1.807) is 4.90 Å². The smallest absolute Gasteiger partial charge is 0.315 e. The lowest BCUT2D eigenvalue weighted by Gasteiger charge is -2.18. The number of nitrogens with one attached hydrogen (secondary N) is 2. The summed E-state index contributed by atoms with van der Waals surface area (Å²) < 4.78 is 0. The second kappa shape index (κ2) is 7.38. The Morgan fingerprint density at radius 1 is 1.12 bits per heavy atom. The maximum atomic E-state index is 12.6. The first-order chi connectivity index (χ1) is 12.0. The molecule has 0 aromatic heterocycles. The van der Waals surface area contributed by atoms with Crippen molar-refractivity contribution in [2.45, 2.75) is 32.9 Å². The molecular formula is C20H23N3O2. The van der Waals surface area contributed by atoms with Gasteiger partial charge in [-0.05, 0) is 49.1 Å². The van der Waals surface area contributed by atoms with Gasteiger partial charge in [0.1, 0.15) is 6.04 Å². The first-order valence-electron chi connectivity index (χ1n) is 8.51. The Balaban J connectivity index is 1.57. The topological polar surface area (TPSA) is 61.4 Å². The summed E-state index contributed by atoms with van der Waals surface area (Å²) in [5, 5.41) is 5.59. The fourth-order valence-electron chi connectivity index (χ4n) is 3.16. The minimum atomic E-state index is -0.475. The Morgan fingerprint density at radius 3 is 2.48 bits per heavy atom. The molecule has 1 atom stereocenters. The van der Waals surface area contributed by atoms with Crippen molar-refractivity contribution in [3.63, 3.8) is 0 Å². The van der Waals surface area contributed by atoms with Crippen molar-refractivity contribution in [1.29, 1.82) is 0 Å². The van der Waals surface area contributed by atoms with Gasteiger partial charge in [-0.25, -0.2) is 4.79 Å². The molecule has 5 heteroatoms. The monoisotopic (exact) mass is 337 g/mol. The minimum Gasteiger partial charge on any atom is -0.334 e. The molecule has 2 aromatic carbocycles. The number of carbonyl (C=O) groups excluding carboxylic acids is 2. The van der Waals surface area contributed by atoms with Gasteiger partial charge in [0.15, 0.2) is 0 Å². The molecule has 3 rings (SSSR count). The molecular weight excluding hydrogens is 314 g/mol. The van der Waals surface area contributed by atoms with Crippen molar-refractivity contribution in [3.05, 3.63) is 65.2 Å². The molecule has 130 valence electrons. The van der Waals surface area contributed by atoms with Gasteiger partial charge in [0.25, 0.3) is 0 Å². The fourth-order valence-corrected chi connectivity index (χ4v) is 3.16. The molecule has 0 spiro atoms. The lowest BCUT2D eigenvalue weighted by molar-refractivity contribution is -0.118. The van der Waals surface area contributed by atoms with E-state index in [4.69, 9.17) is 0 Å². The molecule has 1 heterocycles. The molecule has 0 saturated carbocycles. The van der Waals surface area contributed by atoms with Gasteiger partial charge in [0.05, 0.1) is 0 Å². The van der Waals surface area contributed by atoms with E-state index in [9.17, 15) is 9.59 Å². The highest BCUT2D eigenvalue weighted by Crippen LogP contribution is 2.24. The number of amides is 3. The highest BCUT2D eigenvalue weighted by Gasteiger charge is 2.33. The van der Waals surface area contributed by atoms with E-state index in [1.165, 1.54) is 0 Å². The number of nitrogens with zero attached hydrogens (tertiary/aromatic N) is 1. The molecule has 1 aliphatic rings. The highest BCUT2D eigenvalue weighted by molar-refractivity contribution is 6.01. The maximum absolute atomic E-state index is 12.6. The number of rotatable bonds is 4. The van der Waals surface area contributed by atoms with Crippen LogP contribution in [0.2, 0.25) is 0 Å². The first kappa shape index (κ1) is 17.0. The van der Waals surface area contributed by atoms with Crippen LogP contribution in [0.3, 0.4) is 0 Å². The molecule has 1 saturated heterocycles.